The van der Waals surface area contributed by atoms with Gasteiger partial charge in [-0.25, -0.2) is 13.1 Å². The van der Waals surface area contributed by atoms with Crippen molar-refractivity contribution in [1.82, 2.24) is 39.6 Å². The van der Waals surface area contributed by atoms with Crippen molar-refractivity contribution in [2.45, 2.75) is 25.2 Å². The summed E-state index contributed by atoms with van der Waals surface area (Å²) < 4.78 is 29.1. The van der Waals surface area contributed by atoms with Crippen molar-refractivity contribution in [1.29, 1.82) is 0 Å². The van der Waals surface area contributed by atoms with Gasteiger partial charge in [-0.2, -0.15) is 9.40 Å². The molecule has 1 aliphatic heterocycles. The maximum absolute atomic E-state index is 13.1. The Morgan fingerprint density at radius 1 is 1.13 bits per heavy atom. The summed E-state index contributed by atoms with van der Waals surface area (Å²) in [6.07, 6.45) is 2.01. The minimum atomic E-state index is -3.68. The summed E-state index contributed by atoms with van der Waals surface area (Å²) in [6.45, 7) is 4.72. The molecule has 0 radical (unpaired) electrons. The molecule has 1 aromatic carbocycles. The number of sulfonamides is 1. The van der Waals surface area contributed by atoms with Crippen molar-refractivity contribution in [3.05, 3.63) is 47.5 Å². The Balaban J connectivity index is 1.51. The molecule has 0 aliphatic carbocycles. The van der Waals surface area contributed by atoms with Gasteiger partial charge in [0.25, 0.3) is 5.91 Å². The van der Waals surface area contributed by atoms with Crippen LogP contribution in [0.5, 0.6) is 0 Å². The number of aromatic nitrogens is 6. The van der Waals surface area contributed by atoms with Crippen molar-refractivity contribution >= 4 is 15.9 Å². The smallest absolute Gasteiger partial charge is 0.253 e. The molecule has 0 unspecified atom stereocenters. The molecule has 4 rings (SSSR count). The van der Waals surface area contributed by atoms with Gasteiger partial charge >= 0.3 is 0 Å². The maximum Gasteiger partial charge on any atom is 0.253 e. The van der Waals surface area contributed by atoms with Crippen LogP contribution in [0.2, 0.25) is 0 Å². The number of H-pyrrole nitrogens is 1. The lowest BCUT2D eigenvalue weighted by Gasteiger charge is -2.22. The van der Waals surface area contributed by atoms with E-state index in [9.17, 15) is 13.2 Å². The van der Waals surface area contributed by atoms with Crippen LogP contribution in [0.1, 0.15) is 28.2 Å². The fraction of sp³-hybridized carbons (Fsp3) is 0.389. The van der Waals surface area contributed by atoms with Crippen LogP contribution < -0.4 is 0 Å². The number of carbonyl (C=O) groups is 1. The molecule has 158 valence electrons. The van der Waals surface area contributed by atoms with Gasteiger partial charge in [-0.05, 0) is 48.9 Å². The van der Waals surface area contributed by atoms with Gasteiger partial charge in [0.1, 0.15) is 11.2 Å². The largest absolute Gasteiger partial charge is 0.337 e. The molecular weight excluding hydrogens is 408 g/mol. The molecule has 1 amide bonds. The Bertz CT molecular complexity index is 1140. The minimum Gasteiger partial charge on any atom is -0.337 e. The first-order valence-corrected chi connectivity index (χ1v) is 11.0. The summed E-state index contributed by atoms with van der Waals surface area (Å²) in [5.41, 5.74) is 2.14. The summed E-state index contributed by atoms with van der Waals surface area (Å²) in [5, 5.41) is 17.8. The van der Waals surface area contributed by atoms with E-state index in [2.05, 4.69) is 25.7 Å². The number of hydrogen-bond acceptors (Lipinski definition) is 7. The number of carbonyl (C=O) groups excluding carboxylic acids is 1. The summed E-state index contributed by atoms with van der Waals surface area (Å²) in [5.74, 6) is -0.153. The molecule has 3 heterocycles. The quantitative estimate of drug-likeness (QED) is 0.639. The first-order chi connectivity index (χ1) is 14.4. The van der Waals surface area contributed by atoms with Crippen molar-refractivity contribution < 1.29 is 13.2 Å². The molecule has 0 atom stereocenters. The van der Waals surface area contributed by atoms with Crippen LogP contribution in [0.3, 0.4) is 0 Å². The van der Waals surface area contributed by atoms with E-state index in [-0.39, 0.29) is 17.3 Å². The topological polar surface area (TPSA) is 130 Å². The highest BCUT2D eigenvalue weighted by Crippen LogP contribution is 2.23. The average Bonchev–Trinajstić information content (AvgIpc) is 3.31. The van der Waals surface area contributed by atoms with E-state index in [1.807, 2.05) is 0 Å². The van der Waals surface area contributed by atoms with E-state index >= 15 is 0 Å². The molecule has 0 saturated carbocycles. The summed E-state index contributed by atoms with van der Waals surface area (Å²) in [6, 6.07) is 7.02. The molecule has 3 aromatic rings. The normalized spacial score (nSPS) is 15.9. The fourth-order valence-electron chi connectivity index (χ4n) is 3.63. The predicted molar refractivity (Wildman–Crippen MR) is 106 cm³/mol. The fourth-order valence-corrected chi connectivity index (χ4v) is 5.43. The SMILES string of the molecule is Cc1n[nH]c(C)c1S(=O)(=O)N1CCCN(C(=O)c2cccc(-n3cnnn3)c2)CC1. The Morgan fingerprint density at radius 2 is 1.97 bits per heavy atom. The zero-order chi connectivity index (χ0) is 21.3. The summed E-state index contributed by atoms with van der Waals surface area (Å²) in [7, 11) is -3.68. The van der Waals surface area contributed by atoms with Crippen LogP contribution >= 0.6 is 0 Å². The average molecular weight is 430 g/mol. The number of rotatable bonds is 4. The van der Waals surface area contributed by atoms with Gasteiger partial charge in [0, 0.05) is 31.7 Å². The van der Waals surface area contributed by atoms with Gasteiger partial charge in [-0.15, -0.1) is 5.10 Å². The summed E-state index contributed by atoms with van der Waals surface area (Å²) >= 11 is 0. The van der Waals surface area contributed by atoms with Gasteiger partial charge in [-0.1, -0.05) is 6.07 Å². The van der Waals surface area contributed by atoms with Crippen molar-refractivity contribution in [3.8, 4) is 5.69 Å². The van der Waals surface area contributed by atoms with Gasteiger partial charge in [-0.3, -0.25) is 9.89 Å². The van der Waals surface area contributed by atoms with E-state index in [0.717, 1.165) is 0 Å². The number of aryl methyl sites for hydroxylation is 2. The lowest BCUT2D eigenvalue weighted by atomic mass is 10.1. The number of hydrogen-bond donors (Lipinski definition) is 1. The van der Waals surface area contributed by atoms with Crippen LogP contribution in [0.4, 0.5) is 0 Å². The molecule has 30 heavy (non-hydrogen) atoms. The second-order valence-corrected chi connectivity index (χ2v) is 8.99. The third kappa shape index (κ3) is 3.71. The third-order valence-electron chi connectivity index (χ3n) is 5.11. The van der Waals surface area contributed by atoms with E-state index in [1.165, 1.54) is 15.3 Å². The van der Waals surface area contributed by atoms with Gasteiger partial charge in [0.15, 0.2) is 0 Å². The van der Waals surface area contributed by atoms with Gasteiger partial charge < -0.3 is 4.90 Å². The molecule has 11 nitrogen and oxygen atoms in total. The molecule has 1 N–H and O–H groups in total. The number of aromatic amines is 1. The van der Waals surface area contributed by atoms with Gasteiger partial charge in [0.05, 0.1) is 17.1 Å². The predicted octanol–water partition coefficient (Wildman–Crippen LogP) is 0.539. The molecule has 1 aliphatic rings. The van der Waals surface area contributed by atoms with Crippen LogP contribution in [-0.2, 0) is 10.0 Å². The van der Waals surface area contributed by atoms with Crippen LogP contribution in [0, 0.1) is 13.8 Å². The standard InChI is InChI=1S/C18H22N8O3S/c1-13-17(14(2)21-20-13)30(28,29)25-8-4-7-24(9-10-25)18(27)15-5-3-6-16(11-15)26-12-19-22-23-26/h3,5-6,11-12H,4,7-10H2,1-2H3,(H,20,21). The monoisotopic (exact) mass is 430 g/mol. The van der Waals surface area contributed by atoms with E-state index in [1.54, 1.807) is 43.0 Å². The second kappa shape index (κ2) is 7.95. The Kier molecular flexibility index (Phi) is 5.35. The summed E-state index contributed by atoms with van der Waals surface area (Å²) in [4.78, 5) is 15.0. The Labute approximate surface area is 173 Å². The first kappa shape index (κ1) is 20.2. The highest BCUT2D eigenvalue weighted by molar-refractivity contribution is 7.89. The number of tetrazole rings is 1. The molecule has 0 spiro atoms. The van der Waals surface area contributed by atoms with E-state index < -0.39 is 10.0 Å². The minimum absolute atomic E-state index is 0.153. The number of nitrogens with zero attached hydrogens (tertiary/aromatic N) is 7. The molecule has 2 aromatic heterocycles. The number of benzene rings is 1. The lowest BCUT2D eigenvalue weighted by molar-refractivity contribution is 0.0764. The van der Waals surface area contributed by atoms with Crippen molar-refractivity contribution in [2.75, 3.05) is 26.2 Å². The number of amides is 1. The van der Waals surface area contributed by atoms with Crippen LogP contribution in [0.25, 0.3) is 5.69 Å². The third-order valence-corrected chi connectivity index (χ3v) is 7.27. The van der Waals surface area contributed by atoms with Crippen molar-refractivity contribution in [3.63, 3.8) is 0 Å². The van der Waals surface area contributed by atoms with Gasteiger partial charge in [0.2, 0.25) is 10.0 Å². The highest BCUT2D eigenvalue weighted by Gasteiger charge is 2.32. The highest BCUT2D eigenvalue weighted by atomic mass is 32.2. The van der Waals surface area contributed by atoms with Crippen LogP contribution in [-0.4, -0.2) is 80.1 Å². The first-order valence-electron chi connectivity index (χ1n) is 9.52. The van der Waals surface area contributed by atoms with Crippen LogP contribution in [0.15, 0.2) is 35.5 Å². The van der Waals surface area contributed by atoms with E-state index in [0.29, 0.717) is 48.7 Å². The second-order valence-electron chi connectivity index (χ2n) is 7.12. The molecule has 12 heteroatoms. The molecular formula is C18H22N8O3S. The zero-order valence-corrected chi connectivity index (χ0v) is 17.5. The van der Waals surface area contributed by atoms with E-state index in [4.69, 9.17) is 0 Å². The molecule has 0 bridgehead atoms. The maximum atomic E-state index is 13.1. The molecule has 1 fully saturated rings. The lowest BCUT2D eigenvalue weighted by Crippen LogP contribution is -2.37. The Hall–Kier alpha value is -3.12. The zero-order valence-electron chi connectivity index (χ0n) is 16.7. The van der Waals surface area contributed by atoms with Crippen molar-refractivity contribution in [2.24, 2.45) is 0 Å². The number of nitrogens with one attached hydrogen (secondary N) is 1. The molecule has 1 saturated heterocycles. The Morgan fingerprint density at radius 3 is 2.67 bits per heavy atom.